The largest absolute Gasteiger partial charge is 1.00 e. The predicted molar refractivity (Wildman–Crippen MR) is 151 cm³/mol. The molecule has 38 heavy (non-hydrogen) atoms. The Labute approximate surface area is 256 Å². The number of rotatable bonds is 20. The summed E-state index contributed by atoms with van der Waals surface area (Å²) in [7, 11) is -3.04. The van der Waals surface area contributed by atoms with Crippen LogP contribution >= 0.6 is 12.2 Å². The van der Waals surface area contributed by atoms with Crippen molar-refractivity contribution in [2.24, 2.45) is 5.10 Å². The van der Waals surface area contributed by atoms with E-state index in [2.05, 4.69) is 22.2 Å². The SMILES string of the molecule is CCCCCCCCCCCCCCCCC(c1n[nH]c(=S)n1/N=C/c1ccc(OC)cc1)S(=O)(=O)[O-].[Na+]. The number of nitrogens with one attached hydrogen (secondary N) is 1. The number of hydrogen-bond donors (Lipinski definition) is 1. The van der Waals surface area contributed by atoms with Gasteiger partial charge in [0.2, 0.25) is 4.77 Å². The van der Waals surface area contributed by atoms with E-state index >= 15 is 0 Å². The summed E-state index contributed by atoms with van der Waals surface area (Å²) in [4.78, 5) is 0. The summed E-state index contributed by atoms with van der Waals surface area (Å²) in [5.41, 5.74) is 0.767. The quantitative estimate of drug-likeness (QED) is 0.0830. The minimum atomic E-state index is -4.63. The van der Waals surface area contributed by atoms with Crippen LogP contribution in [0.4, 0.5) is 0 Å². The van der Waals surface area contributed by atoms with Gasteiger partial charge in [-0.1, -0.05) is 96.8 Å². The number of hydrogen-bond acceptors (Lipinski definition) is 7. The number of nitrogens with zero attached hydrogens (tertiary/aromatic N) is 3. The van der Waals surface area contributed by atoms with Gasteiger partial charge < -0.3 is 9.29 Å². The Kier molecular flexibility index (Phi) is 18.3. The Morgan fingerprint density at radius 1 is 0.974 bits per heavy atom. The summed E-state index contributed by atoms with van der Waals surface area (Å²) in [6.45, 7) is 2.25. The van der Waals surface area contributed by atoms with Crippen molar-refractivity contribution < 1.29 is 47.3 Å². The van der Waals surface area contributed by atoms with Crippen LogP contribution in [0.3, 0.4) is 0 Å². The third-order valence-electron chi connectivity index (χ3n) is 6.57. The molecule has 1 atom stereocenters. The van der Waals surface area contributed by atoms with E-state index in [1.54, 1.807) is 19.2 Å². The van der Waals surface area contributed by atoms with Crippen LogP contribution in [0.25, 0.3) is 0 Å². The normalized spacial score (nSPS) is 12.5. The standard InChI is InChI=1S/C27H44N4O4S2.Na/c1-3-4-5-6-7-8-9-10-11-12-13-14-15-16-17-25(37(32,33)34)26-29-30-27(36)31(26)28-22-23-18-20-24(35-2)21-19-23;/h18-22,25H,3-17H2,1-2H3,(H,30,36)(H,32,33,34);/q;+1/p-1/b28-22+;. The maximum absolute atomic E-state index is 12.1. The molecular weight excluding hydrogens is 531 g/mol. The van der Waals surface area contributed by atoms with Gasteiger partial charge in [-0.25, -0.2) is 8.42 Å². The molecule has 1 N–H and O–H groups in total. The smallest absolute Gasteiger partial charge is 0.747 e. The summed E-state index contributed by atoms with van der Waals surface area (Å²) < 4.78 is 42.7. The van der Waals surface area contributed by atoms with Crippen LogP contribution < -0.4 is 34.3 Å². The molecule has 2 aromatic rings. The van der Waals surface area contributed by atoms with Gasteiger partial charge in [-0.05, 0) is 48.5 Å². The monoisotopic (exact) mass is 574 g/mol. The van der Waals surface area contributed by atoms with Crippen LogP contribution in [-0.2, 0) is 10.1 Å². The summed E-state index contributed by atoms with van der Waals surface area (Å²) in [6.07, 6.45) is 18.6. The maximum Gasteiger partial charge on any atom is 1.00 e. The third-order valence-corrected chi connectivity index (χ3v) is 7.98. The molecule has 0 saturated carbocycles. The second-order valence-corrected chi connectivity index (χ2v) is 11.5. The predicted octanol–water partition coefficient (Wildman–Crippen LogP) is 4.29. The zero-order chi connectivity index (χ0) is 26.9. The zero-order valence-corrected chi connectivity index (χ0v) is 27.0. The molecule has 0 aliphatic rings. The van der Waals surface area contributed by atoms with Gasteiger partial charge in [0.05, 0.1) is 13.3 Å². The van der Waals surface area contributed by atoms with E-state index in [4.69, 9.17) is 17.0 Å². The summed E-state index contributed by atoms with van der Waals surface area (Å²) >= 11 is 5.23. The molecule has 2 rings (SSSR count). The second kappa shape index (κ2) is 19.9. The molecule has 1 heterocycles. The molecule has 0 radical (unpaired) electrons. The molecule has 0 spiro atoms. The van der Waals surface area contributed by atoms with Crippen LogP contribution in [-0.4, -0.2) is 41.2 Å². The Morgan fingerprint density at radius 3 is 1.95 bits per heavy atom. The third kappa shape index (κ3) is 13.3. The topological polar surface area (TPSA) is 112 Å². The molecule has 11 heteroatoms. The Balaban J connectivity index is 0.00000722. The molecule has 0 aliphatic carbocycles. The molecule has 1 aromatic heterocycles. The van der Waals surface area contributed by atoms with Crippen molar-refractivity contribution in [2.45, 2.75) is 108 Å². The zero-order valence-electron chi connectivity index (χ0n) is 23.4. The minimum Gasteiger partial charge on any atom is -0.747 e. The van der Waals surface area contributed by atoms with E-state index in [-0.39, 0.29) is 46.6 Å². The van der Waals surface area contributed by atoms with Crippen molar-refractivity contribution in [3.63, 3.8) is 0 Å². The number of ether oxygens (including phenoxy) is 1. The van der Waals surface area contributed by atoms with Crippen LogP contribution in [0.1, 0.15) is 120 Å². The molecule has 0 bridgehead atoms. The van der Waals surface area contributed by atoms with Crippen molar-refractivity contribution in [1.29, 1.82) is 0 Å². The van der Waals surface area contributed by atoms with Crippen LogP contribution in [0.15, 0.2) is 29.4 Å². The van der Waals surface area contributed by atoms with Gasteiger partial charge >= 0.3 is 29.6 Å². The molecule has 0 aliphatic heterocycles. The van der Waals surface area contributed by atoms with E-state index in [0.717, 1.165) is 24.8 Å². The first-order valence-corrected chi connectivity index (χ1v) is 15.5. The molecular formula is C27H43N4NaO4S2. The van der Waals surface area contributed by atoms with Crippen molar-refractivity contribution in [2.75, 3.05) is 7.11 Å². The van der Waals surface area contributed by atoms with E-state index in [9.17, 15) is 13.0 Å². The molecule has 208 valence electrons. The first kappa shape index (κ1) is 35.0. The summed E-state index contributed by atoms with van der Waals surface area (Å²) in [6, 6.07) is 7.19. The number of H-pyrrole nitrogens is 1. The fourth-order valence-electron chi connectivity index (χ4n) is 4.37. The van der Waals surface area contributed by atoms with Crippen molar-refractivity contribution in [1.82, 2.24) is 14.9 Å². The maximum atomic E-state index is 12.1. The average molecular weight is 575 g/mol. The molecule has 0 saturated heterocycles. The Morgan fingerprint density at radius 2 is 1.47 bits per heavy atom. The van der Waals surface area contributed by atoms with E-state index in [1.165, 1.54) is 75.1 Å². The van der Waals surface area contributed by atoms with Gasteiger partial charge in [0.15, 0.2) is 5.82 Å². The second-order valence-electron chi connectivity index (χ2n) is 9.58. The average Bonchev–Trinajstić information content (AvgIpc) is 3.24. The van der Waals surface area contributed by atoms with Gasteiger partial charge in [-0.3, -0.25) is 5.10 Å². The van der Waals surface area contributed by atoms with E-state index in [1.807, 2.05) is 12.1 Å². The van der Waals surface area contributed by atoms with E-state index in [0.29, 0.717) is 12.2 Å². The van der Waals surface area contributed by atoms with Crippen LogP contribution in [0.5, 0.6) is 5.75 Å². The number of aromatic nitrogens is 3. The van der Waals surface area contributed by atoms with Gasteiger partial charge in [-0.2, -0.15) is 14.9 Å². The molecule has 1 aromatic carbocycles. The molecule has 8 nitrogen and oxygen atoms in total. The number of aromatic amines is 1. The van der Waals surface area contributed by atoms with Crippen molar-refractivity contribution in [3.8, 4) is 5.75 Å². The van der Waals surface area contributed by atoms with E-state index < -0.39 is 15.4 Å². The fourth-order valence-corrected chi connectivity index (χ4v) is 5.42. The molecule has 0 fully saturated rings. The Bertz CT molecular complexity index is 1090. The fraction of sp³-hybridized carbons (Fsp3) is 0.667. The number of unbranched alkanes of at least 4 members (excludes halogenated alkanes) is 13. The van der Waals surface area contributed by atoms with Crippen molar-refractivity contribution >= 4 is 28.6 Å². The van der Waals surface area contributed by atoms with Crippen molar-refractivity contribution in [3.05, 3.63) is 40.4 Å². The molecule has 0 amide bonds. The number of benzene rings is 1. The summed E-state index contributed by atoms with van der Waals surface area (Å²) in [5.74, 6) is 0.739. The summed E-state index contributed by atoms with van der Waals surface area (Å²) in [5, 5.41) is 9.61. The Hall–Kier alpha value is -1.04. The van der Waals surface area contributed by atoms with Gasteiger partial charge in [0.25, 0.3) is 0 Å². The minimum absolute atomic E-state index is 0. The first-order valence-electron chi connectivity index (χ1n) is 13.7. The molecule has 1 unspecified atom stereocenters. The number of methoxy groups -OCH3 is 1. The van der Waals surface area contributed by atoms with Crippen LogP contribution in [0.2, 0.25) is 0 Å². The van der Waals surface area contributed by atoms with Gasteiger partial charge in [0, 0.05) is 0 Å². The van der Waals surface area contributed by atoms with Gasteiger partial charge in [-0.15, -0.1) is 0 Å². The van der Waals surface area contributed by atoms with Gasteiger partial charge in [0.1, 0.15) is 21.1 Å². The van der Waals surface area contributed by atoms with Crippen LogP contribution in [0, 0.1) is 4.77 Å². The first-order chi connectivity index (χ1) is 17.9.